The maximum atomic E-state index is 13.1. The van der Waals surface area contributed by atoms with E-state index in [4.69, 9.17) is 16.3 Å². The van der Waals surface area contributed by atoms with Gasteiger partial charge in [-0.05, 0) is 40.2 Å². The van der Waals surface area contributed by atoms with Crippen molar-refractivity contribution in [3.8, 4) is 11.5 Å². The molecule has 2 aromatic carbocycles. The van der Waals surface area contributed by atoms with E-state index in [-0.39, 0.29) is 5.82 Å². The minimum Gasteiger partial charge on any atom is -0.454 e. The first kappa shape index (κ1) is 16.3. The Morgan fingerprint density at radius 3 is 2.71 bits per heavy atom. The first-order valence-electron chi connectivity index (χ1n) is 6.61. The second kappa shape index (κ2) is 7.25. The average molecular weight is 373 g/mol. The number of halogens is 3. The molecule has 0 spiro atoms. The molecule has 0 atom stereocenters. The van der Waals surface area contributed by atoms with Gasteiger partial charge in [-0.3, -0.25) is 0 Å². The first-order chi connectivity index (χ1) is 9.97. The molecule has 0 saturated heterocycles. The summed E-state index contributed by atoms with van der Waals surface area (Å²) in [6, 6.07) is 10.2. The Labute approximate surface area is 137 Å². The van der Waals surface area contributed by atoms with Crippen molar-refractivity contribution in [3.05, 3.63) is 57.3 Å². The Bertz CT molecular complexity index is 634. The fraction of sp³-hybridized carbons (Fsp3) is 0.250. The molecule has 5 heteroatoms. The van der Waals surface area contributed by atoms with E-state index in [0.29, 0.717) is 33.6 Å². The van der Waals surface area contributed by atoms with Gasteiger partial charge in [-0.25, -0.2) is 4.39 Å². The number of ether oxygens (including phenoxy) is 1. The van der Waals surface area contributed by atoms with Crippen LogP contribution in [0.15, 0.2) is 40.9 Å². The molecule has 21 heavy (non-hydrogen) atoms. The molecule has 2 aromatic rings. The Hall–Kier alpha value is -1.10. The van der Waals surface area contributed by atoms with Crippen molar-refractivity contribution in [2.45, 2.75) is 26.4 Å². The summed E-state index contributed by atoms with van der Waals surface area (Å²) in [4.78, 5) is 0. The average Bonchev–Trinajstić information content (AvgIpc) is 2.42. The summed E-state index contributed by atoms with van der Waals surface area (Å²) in [7, 11) is 0. The van der Waals surface area contributed by atoms with Crippen LogP contribution in [0.25, 0.3) is 0 Å². The largest absolute Gasteiger partial charge is 0.454 e. The summed E-state index contributed by atoms with van der Waals surface area (Å²) < 4.78 is 19.6. The van der Waals surface area contributed by atoms with Crippen LogP contribution in [0.4, 0.5) is 4.39 Å². The molecule has 0 amide bonds. The molecule has 0 aliphatic rings. The second-order valence-electron chi connectivity index (χ2n) is 4.94. The Morgan fingerprint density at radius 2 is 2.05 bits per heavy atom. The standard InChI is InChI=1S/C16H16BrClFNO/c1-10(2)20-9-11-4-3-5-14(18)16(11)21-15-7-6-12(19)8-13(15)17/h3-8,10,20H,9H2,1-2H3. The van der Waals surface area contributed by atoms with Crippen LogP contribution in [0.1, 0.15) is 19.4 Å². The number of hydrogen-bond donors (Lipinski definition) is 1. The quantitative estimate of drug-likeness (QED) is 0.745. The lowest BCUT2D eigenvalue weighted by molar-refractivity contribution is 0.465. The number of benzene rings is 2. The molecule has 0 radical (unpaired) electrons. The maximum absolute atomic E-state index is 13.1. The molecular formula is C16H16BrClFNO. The van der Waals surface area contributed by atoms with Gasteiger partial charge in [0.2, 0.25) is 0 Å². The summed E-state index contributed by atoms with van der Waals surface area (Å²) in [6.07, 6.45) is 0. The van der Waals surface area contributed by atoms with E-state index < -0.39 is 0 Å². The number of rotatable bonds is 5. The highest BCUT2D eigenvalue weighted by Crippen LogP contribution is 2.36. The molecule has 0 fully saturated rings. The Kier molecular flexibility index (Phi) is 5.62. The molecule has 0 unspecified atom stereocenters. The molecule has 0 heterocycles. The lowest BCUT2D eigenvalue weighted by Crippen LogP contribution is -2.22. The van der Waals surface area contributed by atoms with Crippen molar-refractivity contribution in [3.63, 3.8) is 0 Å². The van der Waals surface area contributed by atoms with Crippen LogP contribution in [0, 0.1) is 5.82 Å². The van der Waals surface area contributed by atoms with E-state index in [0.717, 1.165) is 5.56 Å². The second-order valence-corrected chi connectivity index (χ2v) is 6.20. The van der Waals surface area contributed by atoms with Crippen LogP contribution in [0.3, 0.4) is 0 Å². The zero-order chi connectivity index (χ0) is 15.4. The first-order valence-corrected chi connectivity index (χ1v) is 7.78. The van der Waals surface area contributed by atoms with Crippen molar-refractivity contribution >= 4 is 27.5 Å². The van der Waals surface area contributed by atoms with Crippen molar-refractivity contribution in [2.24, 2.45) is 0 Å². The number of hydrogen-bond acceptors (Lipinski definition) is 2. The smallest absolute Gasteiger partial charge is 0.150 e. The molecule has 2 rings (SSSR count). The van der Waals surface area contributed by atoms with E-state index in [9.17, 15) is 4.39 Å². The Morgan fingerprint density at radius 1 is 1.29 bits per heavy atom. The summed E-state index contributed by atoms with van der Waals surface area (Å²) in [5.74, 6) is 0.782. The van der Waals surface area contributed by atoms with E-state index in [1.54, 1.807) is 12.1 Å². The normalized spacial score (nSPS) is 11.0. The van der Waals surface area contributed by atoms with Gasteiger partial charge in [0.1, 0.15) is 11.6 Å². The monoisotopic (exact) mass is 371 g/mol. The van der Waals surface area contributed by atoms with Gasteiger partial charge in [0.25, 0.3) is 0 Å². The minimum absolute atomic E-state index is 0.324. The van der Waals surface area contributed by atoms with Gasteiger partial charge in [-0.1, -0.05) is 37.6 Å². The van der Waals surface area contributed by atoms with Gasteiger partial charge in [0.15, 0.2) is 5.75 Å². The van der Waals surface area contributed by atoms with Gasteiger partial charge < -0.3 is 10.1 Å². The van der Waals surface area contributed by atoms with Crippen molar-refractivity contribution in [1.82, 2.24) is 5.32 Å². The van der Waals surface area contributed by atoms with E-state index in [1.807, 2.05) is 12.1 Å². The highest BCUT2D eigenvalue weighted by atomic mass is 79.9. The van der Waals surface area contributed by atoms with Crippen LogP contribution in [-0.4, -0.2) is 6.04 Å². The zero-order valence-electron chi connectivity index (χ0n) is 11.8. The molecule has 0 aliphatic heterocycles. The topological polar surface area (TPSA) is 21.3 Å². The number of nitrogens with one attached hydrogen (secondary N) is 1. The zero-order valence-corrected chi connectivity index (χ0v) is 14.1. The number of para-hydroxylation sites is 1. The lowest BCUT2D eigenvalue weighted by Gasteiger charge is -2.15. The van der Waals surface area contributed by atoms with Crippen molar-refractivity contribution < 1.29 is 9.13 Å². The highest BCUT2D eigenvalue weighted by Gasteiger charge is 2.12. The predicted octanol–water partition coefficient (Wildman–Crippen LogP) is 5.53. The van der Waals surface area contributed by atoms with E-state index >= 15 is 0 Å². The van der Waals surface area contributed by atoms with E-state index in [2.05, 4.69) is 35.1 Å². The fourth-order valence-electron chi connectivity index (χ4n) is 1.79. The third-order valence-electron chi connectivity index (χ3n) is 2.86. The van der Waals surface area contributed by atoms with Crippen LogP contribution < -0.4 is 10.1 Å². The van der Waals surface area contributed by atoms with Gasteiger partial charge in [0.05, 0.1) is 9.50 Å². The molecule has 0 saturated carbocycles. The Balaban J connectivity index is 2.29. The van der Waals surface area contributed by atoms with Gasteiger partial charge in [0, 0.05) is 18.2 Å². The summed E-state index contributed by atoms with van der Waals surface area (Å²) in [6.45, 7) is 4.79. The minimum atomic E-state index is -0.324. The van der Waals surface area contributed by atoms with Crippen LogP contribution in [-0.2, 0) is 6.54 Å². The summed E-state index contributed by atoms with van der Waals surface area (Å²) in [5, 5.41) is 3.85. The maximum Gasteiger partial charge on any atom is 0.150 e. The third-order valence-corrected chi connectivity index (χ3v) is 3.77. The van der Waals surface area contributed by atoms with Gasteiger partial charge in [-0.15, -0.1) is 0 Å². The molecule has 2 nitrogen and oxygen atoms in total. The fourth-order valence-corrected chi connectivity index (χ4v) is 2.45. The van der Waals surface area contributed by atoms with Crippen molar-refractivity contribution in [1.29, 1.82) is 0 Å². The van der Waals surface area contributed by atoms with Crippen LogP contribution in [0.5, 0.6) is 11.5 Å². The van der Waals surface area contributed by atoms with Gasteiger partial charge >= 0.3 is 0 Å². The SMILES string of the molecule is CC(C)NCc1cccc(Cl)c1Oc1ccc(F)cc1Br. The summed E-state index contributed by atoms with van der Waals surface area (Å²) in [5.41, 5.74) is 0.951. The van der Waals surface area contributed by atoms with Gasteiger partial charge in [-0.2, -0.15) is 0 Å². The molecule has 1 N–H and O–H groups in total. The van der Waals surface area contributed by atoms with Crippen LogP contribution in [0.2, 0.25) is 5.02 Å². The summed E-state index contributed by atoms with van der Waals surface area (Å²) >= 11 is 9.53. The molecule has 0 aliphatic carbocycles. The van der Waals surface area contributed by atoms with Crippen LogP contribution >= 0.6 is 27.5 Å². The lowest BCUT2D eigenvalue weighted by atomic mass is 10.2. The third kappa shape index (κ3) is 4.43. The predicted molar refractivity (Wildman–Crippen MR) is 87.6 cm³/mol. The van der Waals surface area contributed by atoms with Crippen molar-refractivity contribution in [2.75, 3.05) is 0 Å². The molecule has 112 valence electrons. The molecule has 0 bridgehead atoms. The highest BCUT2D eigenvalue weighted by molar-refractivity contribution is 9.10. The molecule has 0 aromatic heterocycles. The van der Waals surface area contributed by atoms with E-state index in [1.165, 1.54) is 12.1 Å². The molecular weight excluding hydrogens is 357 g/mol.